The molecule has 3 heterocycles. The molecule has 7 heteroatoms. The Bertz CT molecular complexity index is 1400. The van der Waals surface area contributed by atoms with Crippen LogP contribution in [0.3, 0.4) is 0 Å². The summed E-state index contributed by atoms with van der Waals surface area (Å²) in [6, 6.07) is 16.1. The number of fused-ring (bicyclic) bond motifs is 3. The molecular weight excluding hydrogens is 458 g/mol. The Labute approximate surface area is 211 Å². The minimum atomic E-state index is -0.372. The number of aromatic amines is 1. The number of nitrogens with zero attached hydrogens (tertiary/aromatic N) is 3. The van der Waals surface area contributed by atoms with Crippen molar-refractivity contribution in [1.82, 2.24) is 19.8 Å². The molecule has 1 fully saturated rings. The number of carbonyl (C=O) groups is 1. The number of H-pyrrole nitrogens is 1. The van der Waals surface area contributed by atoms with Crippen LogP contribution < -0.4 is 5.73 Å². The number of halogens is 1. The van der Waals surface area contributed by atoms with Crippen molar-refractivity contribution in [3.8, 4) is 11.3 Å². The number of aromatic nitrogens is 2. The number of benzene rings is 2. The molecular formula is C28H32ClN5O. The number of nitrogens with one attached hydrogen (secondary N) is 1. The molecule has 1 amide bonds. The number of piperazine rings is 1. The SMILES string of the molecule is CC(C)(C)N1CCN(Cc2ccc3[nH]c4c(CC(N)=O)cc(-c5cccc(Cl)c5)nc4c3c2)CC1. The second-order valence-electron chi connectivity index (χ2n) is 10.5. The topological polar surface area (TPSA) is 78.2 Å². The predicted molar refractivity (Wildman–Crippen MR) is 144 cm³/mol. The van der Waals surface area contributed by atoms with Crippen LogP contribution in [-0.4, -0.2) is 57.4 Å². The fourth-order valence-corrected chi connectivity index (χ4v) is 5.21. The van der Waals surface area contributed by atoms with Gasteiger partial charge in [-0.25, -0.2) is 4.98 Å². The molecule has 1 aliphatic heterocycles. The molecule has 0 unspecified atom stereocenters. The Hall–Kier alpha value is -2.93. The molecule has 35 heavy (non-hydrogen) atoms. The quantitative estimate of drug-likeness (QED) is 0.414. The Morgan fingerprint density at radius 2 is 1.86 bits per heavy atom. The number of primary amides is 1. The van der Waals surface area contributed by atoms with Gasteiger partial charge in [0.15, 0.2) is 0 Å². The molecule has 0 saturated carbocycles. The summed E-state index contributed by atoms with van der Waals surface area (Å²) in [6.45, 7) is 12.0. The van der Waals surface area contributed by atoms with Gasteiger partial charge in [-0.15, -0.1) is 0 Å². The average molecular weight is 490 g/mol. The van der Waals surface area contributed by atoms with E-state index in [1.54, 1.807) is 0 Å². The molecule has 6 nitrogen and oxygen atoms in total. The maximum atomic E-state index is 11.8. The molecule has 0 spiro atoms. The highest BCUT2D eigenvalue weighted by molar-refractivity contribution is 6.30. The Balaban J connectivity index is 1.51. The summed E-state index contributed by atoms with van der Waals surface area (Å²) in [4.78, 5) is 25.4. The van der Waals surface area contributed by atoms with Crippen molar-refractivity contribution in [2.75, 3.05) is 26.2 Å². The first-order valence-corrected chi connectivity index (χ1v) is 12.5. The predicted octanol–water partition coefficient (Wildman–Crippen LogP) is 4.98. The normalized spacial score (nSPS) is 15.8. The van der Waals surface area contributed by atoms with Crippen LogP contribution in [-0.2, 0) is 17.8 Å². The van der Waals surface area contributed by atoms with Gasteiger partial charge in [-0.05, 0) is 62.2 Å². The number of rotatable bonds is 5. The minimum absolute atomic E-state index is 0.143. The Morgan fingerprint density at radius 1 is 1.09 bits per heavy atom. The molecule has 5 rings (SSSR count). The lowest BCUT2D eigenvalue weighted by molar-refractivity contribution is -0.117. The van der Waals surface area contributed by atoms with E-state index in [0.29, 0.717) is 5.02 Å². The molecule has 4 aromatic rings. The molecule has 2 aromatic carbocycles. The summed E-state index contributed by atoms with van der Waals surface area (Å²) in [5.41, 5.74) is 12.3. The van der Waals surface area contributed by atoms with Crippen LogP contribution in [0.5, 0.6) is 0 Å². The summed E-state index contributed by atoms with van der Waals surface area (Å²) in [5, 5.41) is 1.70. The molecule has 0 bridgehead atoms. The van der Waals surface area contributed by atoms with E-state index in [9.17, 15) is 4.79 Å². The number of nitrogens with two attached hydrogens (primary N) is 1. The van der Waals surface area contributed by atoms with E-state index >= 15 is 0 Å². The number of hydrogen-bond donors (Lipinski definition) is 2. The first-order chi connectivity index (χ1) is 16.7. The highest BCUT2D eigenvalue weighted by Gasteiger charge is 2.25. The first-order valence-electron chi connectivity index (χ1n) is 12.1. The van der Waals surface area contributed by atoms with E-state index in [2.05, 4.69) is 53.8 Å². The summed E-state index contributed by atoms with van der Waals surface area (Å²) >= 11 is 6.24. The van der Waals surface area contributed by atoms with Gasteiger partial charge >= 0.3 is 0 Å². The largest absolute Gasteiger partial charge is 0.369 e. The third kappa shape index (κ3) is 5.06. The zero-order chi connectivity index (χ0) is 24.7. The molecule has 1 aliphatic rings. The standard InChI is InChI=1S/C28H32ClN5O/c1-28(2,3)34-11-9-33(10-12-34)17-18-7-8-23-22(13-18)27-26(31-23)20(16-25(30)35)15-24(32-27)19-5-4-6-21(29)14-19/h4-8,13-15,31H,9-12,16-17H2,1-3H3,(H2,30,35). The van der Waals surface area contributed by atoms with Gasteiger partial charge in [0.05, 0.1) is 23.1 Å². The lowest BCUT2D eigenvalue weighted by atomic mass is 10.0. The first kappa shape index (κ1) is 23.8. The van der Waals surface area contributed by atoms with E-state index in [-0.39, 0.29) is 17.9 Å². The van der Waals surface area contributed by atoms with Crippen molar-refractivity contribution in [3.63, 3.8) is 0 Å². The Morgan fingerprint density at radius 3 is 2.54 bits per heavy atom. The number of carbonyl (C=O) groups excluding carboxylic acids is 1. The van der Waals surface area contributed by atoms with Crippen LogP contribution in [0.1, 0.15) is 31.9 Å². The van der Waals surface area contributed by atoms with Crippen LogP contribution in [0.25, 0.3) is 33.2 Å². The number of pyridine rings is 1. The Kier molecular flexibility index (Phi) is 6.30. The smallest absolute Gasteiger partial charge is 0.221 e. The monoisotopic (exact) mass is 489 g/mol. The van der Waals surface area contributed by atoms with Crippen LogP contribution in [0.4, 0.5) is 0 Å². The highest BCUT2D eigenvalue weighted by Crippen LogP contribution is 2.32. The van der Waals surface area contributed by atoms with Gasteiger partial charge in [0.1, 0.15) is 0 Å². The van der Waals surface area contributed by atoms with Crippen LogP contribution >= 0.6 is 11.6 Å². The summed E-state index contributed by atoms with van der Waals surface area (Å²) in [6.07, 6.45) is 0.143. The van der Waals surface area contributed by atoms with Crippen molar-refractivity contribution in [3.05, 3.63) is 64.7 Å². The molecule has 2 aromatic heterocycles. The van der Waals surface area contributed by atoms with Crippen molar-refractivity contribution < 1.29 is 4.79 Å². The fraction of sp³-hybridized carbons (Fsp3) is 0.357. The molecule has 0 radical (unpaired) electrons. The van der Waals surface area contributed by atoms with E-state index in [1.165, 1.54) is 5.56 Å². The van der Waals surface area contributed by atoms with Gasteiger partial charge in [-0.1, -0.05) is 29.8 Å². The zero-order valence-electron chi connectivity index (χ0n) is 20.6. The van der Waals surface area contributed by atoms with Crippen molar-refractivity contribution in [2.45, 2.75) is 39.3 Å². The van der Waals surface area contributed by atoms with Gasteiger partial charge in [0.25, 0.3) is 0 Å². The van der Waals surface area contributed by atoms with Crippen molar-refractivity contribution in [2.24, 2.45) is 5.73 Å². The van der Waals surface area contributed by atoms with Gasteiger partial charge in [0.2, 0.25) is 5.91 Å². The van der Waals surface area contributed by atoms with Crippen LogP contribution in [0.15, 0.2) is 48.5 Å². The summed E-state index contributed by atoms with van der Waals surface area (Å²) in [5.74, 6) is -0.372. The maximum absolute atomic E-state index is 11.8. The van der Waals surface area contributed by atoms with Gasteiger partial charge in [0, 0.05) is 59.8 Å². The second-order valence-corrected chi connectivity index (χ2v) is 10.9. The van der Waals surface area contributed by atoms with Crippen molar-refractivity contribution >= 4 is 39.4 Å². The molecule has 3 N–H and O–H groups in total. The fourth-order valence-electron chi connectivity index (χ4n) is 5.02. The molecule has 1 saturated heterocycles. The van der Waals surface area contributed by atoms with E-state index < -0.39 is 0 Å². The zero-order valence-corrected chi connectivity index (χ0v) is 21.3. The highest BCUT2D eigenvalue weighted by atomic mass is 35.5. The summed E-state index contributed by atoms with van der Waals surface area (Å²) in [7, 11) is 0. The summed E-state index contributed by atoms with van der Waals surface area (Å²) < 4.78 is 0. The van der Waals surface area contributed by atoms with Crippen LogP contribution in [0.2, 0.25) is 5.02 Å². The number of amides is 1. The van der Waals surface area contributed by atoms with Gasteiger partial charge in [-0.3, -0.25) is 14.6 Å². The van der Waals surface area contributed by atoms with Gasteiger partial charge in [-0.2, -0.15) is 0 Å². The van der Waals surface area contributed by atoms with Crippen LogP contribution in [0, 0.1) is 0 Å². The van der Waals surface area contributed by atoms with E-state index in [0.717, 1.165) is 71.5 Å². The van der Waals surface area contributed by atoms with E-state index in [4.69, 9.17) is 22.3 Å². The third-order valence-corrected chi connectivity index (χ3v) is 7.15. The molecule has 182 valence electrons. The number of hydrogen-bond acceptors (Lipinski definition) is 4. The molecule has 0 aliphatic carbocycles. The van der Waals surface area contributed by atoms with Crippen molar-refractivity contribution in [1.29, 1.82) is 0 Å². The maximum Gasteiger partial charge on any atom is 0.221 e. The lowest BCUT2D eigenvalue weighted by Gasteiger charge is -2.42. The average Bonchev–Trinajstić information content (AvgIpc) is 3.17. The second kappa shape index (κ2) is 9.26. The van der Waals surface area contributed by atoms with E-state index in [1.807, 2.05) is 30.3 Å². The minimum Gasteiger partial charge on any atom is -0.369 e. The van der Waals surface area contributed by atoms with Gasteiger partial charge < -0.3 is 10.7 Å². The third-order valence-electron chi connectivity index (χ3n) is 6.91. The lowest BCUT2D eigenvalue weighted by Crippen LogP contribution is -2.53. The molecule has 0 atom stereocenters.